The van der Waals surface area contributed by atoms with Crippen LogP contribution in [0.2, 0.25) is 0 Å². The van der Waals surface area contributed by atoms with Gasteiger partial charge in [0.25, 0.3) is 0 Å². The van der Waals surface area contributed by atoms with Crippen LogP contribution in [0.15, 0.2) is 212 Å². The van der Waals surface area contributed by atoms with Crippen molar-refractivity contribution >= 4 is 55.3 Å². The molecule has 5 nitrogen and oxygen atoms in total. The molecule has 16 rings (SSSR count). The van der Waals surface area contributed by atoms with E-state index >= 15 is 0 Å². The number of hydrogen-bond acceptors (Lipinski definition) is 4. The molecule has 9 aromatic carbocycles. The van der Waals surface area contributed by atoms with Gasteiger partial charge in [-0.15, -0.1) is 53.6 Å². The first kappa shape index (κ1) is 48.6. The summed E-state index contributed by atoms with van der Waals surface area (Å²) in [5.74, 6) is 5.00. The number of nitrogens with zero attached hydrogens (tertiary/aromatic N) is 4. The quantitative estimate of drug-likeness (QED) is 0.135. The molecule has 4 fully saturated rings. The molecule has 0 atom stereocenters. The Morgan fingerprint density at radius 1 is 0.551 bits per heavy atom. The fourth-order valence-electron chi connectivity index (χ4n) is 14.8. The number of rotatable bonds is 9. The van der Waals surface area contributed by atoms with E-state index < -0.39 is 0 Å². The smallest absolute Gasteiger partial charge is 0.135 e. The van der Waals surface area contributed by atoms with Crippen molar-refractivity contribution < 1.29 is 25.8 Å². The molecule has 1 aliphatic heterocycles. The van der Waals surface area contributed by atoms with Crippen LogP contribution < -0.4 is 14.5 Å². The summed E-state index contributed by atoms with van der Waals surface area (Å²) in [6.07, 6.45) is 8.67. The van der Waals surface area contributed by atoms with Gasteiger partial charge >= 0.3 is 0 Å². The normalized spacial score (nSPS) is 20.3. The third-order valence-corrected chi connectivity index (χ3v) is 17.9. The zero-order valence-electron chi connectivity index (χ0n) is 44.1. The number of fused-ring (bicyclic) bond motifs is 5. The van der Waals surface area contributed by atoms with E-state index in [0.29, 0.717) is 23.3 Å². The van der Waals surface area contributed by atoms with Gasteiger partial charge in [0.05, 0.1) is 0 Å². The van der Waals surface area contributed by atoms with Crippen LogP contribution in [0.1, 0.15) is 69.6 Å². The van der Waals surface area contributed by atoms with Crippen molar-refractivity contribution in [1.82, 2.24) is 9.55 Å². The van der Waals surface area contributed by atoms with E-state index in [4.69, 9.17) is 9.72 Å². The second-order valence-corrected chi connectivity index (χ2v) is 23.3. The van der Waals surface area contributed by atoms with Crippen molar-refractivity contribution in [3.63, 3.8) is 0 Å². The van der Waals surface area contributed by atoms with E-state index in [9.17, 15) is 0 Å². The van der Waals surface area contributed by atoms with Gasteiger partial charge in [0.2, 0.25) is 0 Å². The van der Waals surface area contributed by atoms with E-state index in [1.807, 2.05) is 0 Å². The zero-order chi connectivity index (χ0) is 51.4. The first-order valence-electron chi connectivity index (χ1n) is 27.7. The molecule has 3 heterocycles. The fourth-order valence-corrected chi connectivity index (χ4v) is 14.8. The minimum Gasteiger partial charge on any atom is -0.509 e. The summed E-state index contributed by atoms with van der Waals surface area (Å²) in [4.78, 5) is 9.89. The summed E-state index contributed by atoms with van der Waals surface area (Å²) in [6.45, 7) is 9.01. The SMILES string of the molecule is CC(C)(C)c1cc(Oc2[c-]c3c(cc2)c2ccccc2n3-c2cc(C3(c4cccc5ccccc45)C4CC5CC(C4)CC3C5)ccn2)[c-]c(N2[CH-]N(c3c(-c4ccccc4)cccc3-c3ccccc3)c3ccccc32)c1.[Pt]. The van der Waals surface area contributed by atoms with Gasteiger partial charge in [0.1, 0.15) is 5.82 Å². The number of aromatic nitrogens is 2. The average Bonchev–Trinajstić information content (AvgIpc) is 4.06. The Bertz CT molecular complexity index is 3990. The molecule has 5 aliphatic rings. The van der Waals surface area contributed by atoms with Gasteiger partial charge in [-0.25, -0.2) is 4.98 Å². The monoisotopic (exact) mass is 1190 g/mol. The molecule has 6 heteroatoms. The molecule has 0 spiro atoms. The minimum atomic E-state index is -0.196. The number of anilines is 4. The van der Waals surface area contributed by atoms with Crippen molar-refractivity contribution in [2.24, 2.45) is 23.7 Å². The molecular weight excluding hydrogens is 1130 g/mol. The van der Waals surface area contributed by atoms with Gasteiger partial charge in [-0.3, -0.25) is 0 Å². The number of ether oxygens (including phenoxy) is 1. The summed E-state index contributed by atoms with van der Waals surface area (Å²) < 4.78 is 9.39. The summed E-state index contributed by atoms with van der Waals surface area (Å²) in [5.41, 5.74) is 14.5. The Kier molecular flexibility index (Phi) is 11.9. The van der Waals surface area contributed by atoms with Gasteiger partial charge in [-0.05, 0) is 130 Å². The second-order valence-electron chi connectivity index (χ2n) is 23.3. The van der Waals surface area contributed by atoms with Crippen LogP contribution in [-0.2, 0) is 31.9 Å². The van der Waals surface area contributed by atoms with Crippen molar-refractivity contribution in [3.8, 4) is 39.6 Å². The molecule has 4 bridgehead atoms. The minimum absolute atomic E-state index is 0. The molecule has 78 heavy (non-hydrogen) atoms. The van der Waals surface area contributed by atoms with Crippen molar-refractivity contribution in [3.05, 3.63) is 248 Å². The van der Waals surface area contributed by atoms with Crippen LogP contribution in [-0.4, -0.2) is 9.55 Å². The fraction of sp³-hybridized carbons (Fsp3) is 0.194. The molecule has 4 aliphatic carbocycles. The van der Waals surface area contributed by atoms with Gasteiger partial charge in [0.15, 0.2) is 0 Å². The molecule has 4 saturated carbocycles. The molecule has 0 unspecified atom stereocenters. The van der Waals surface area contributed by atoms with Gasteiger partial charge < -0.3 is 19.1 Å². The summed E-state index contributed by atoms with van der Waals surface area (Å²) in [6, 6.07) is 82.7. The maximum absolute atomic E-state index is 7.06. The number of benzene rings is 9. The maximum atomic E-state index is 7.06. The first-order chi connectivity index (χ1) is 37.8. The van der Waals surface area contributed by atoms with Crippen LogP contribution in [0.3, 0.4) is 0 Å². The Morgan fingerprint density at radius 3 is 1.87 bits per heavy atom. The molecule has 11 aromatic rings. The Hall–Kier alpha value is -7.72. The number of hydrogen-bond donors (Lipinski definition) is 0. The third-order valence-electron chi connectivity index (χ3n) is 17.9. The largest absolute Gasteiger partial charge is 0.509 e. The average molecular weight is 1190 g/mol. The van der Waals surface area contributed by atoms with Crippen molar-refractivity contribution in [2.45, 2.75) is 63.7 Å². The van der Waals surface area contributed by atoms with Crippen LogP contribution >= 0.6 is 0 Å². The zero-order valence-corrected chi connectivity index (χ0v) is 46.4. The van der Waals surface area contributed by atoms with E-state index in [1.54, 1.807) is 0 Å². The third kappa shape index (κ3) is 7.86. The molecular formula is C72H59N4OPt-3. The Balaban J connectivity index is 0.00000552. The van der Waals surface area contributed by atoms with Crippen molar-refractivity contribution in [1.29, 1.82) is 0 Å². The predicted molar refractivity (Wildman–Crippen MR) is 316 cm³/mol. The van der Waals surface area contributed by atoms with Gasteiger partial charge in [-0.2, -0.15) is 6.07 Å². The second kappa shape index (κ2) is 19.0. The summed E-state index contributed by atoms with van der Waals surface area (Å²) >= 11 is 0. The van der Waals surface area contributed by atoms with E-state index in [1.165, 1.54) is 54.0 Å². The standard InChI is InChI=1S/C72H59N4O.Pt/c1-71(2,3)53-41-56(74-46-75(67-31-15-14-30-66(67)74)70-60(50-18-6-4-7-19-50)26-17-27-61(70)51-20-8-5-9-21-51)44-58(42-53)77-57-32-33-63-62-25-12-13-29-65(62)76(68(63)45-57)69-43-52(34-35-73-69)72(54-37-47-36-48(39-54)40-55(72)38-47)64-28-16-23-49-22-10-11-24-59(49)64;/h4-35,41-43,46-48,54-55H,36-40H2,1-3H3;/q-3;. The number of pyridine rings is 1. The molecule has 0 amide bonds. The van der Waals surface area contributed by atoms with Crippen LogP contribution in [0.25, 0.3) is 60.6 Å². The predicted octanol–water partition coefficient (Wildman–Crippen LogP) is 18.5. The van der Waals surface area contributed by atoms with E-state index in [0.717, 1.165) is 90.0 Å². The number of para-hydroxylation sites is 4. The molecule has 0 radical (unpaired) electrons. The van der Waals surface area contributed by atoms with Gasteiger partial charge in [0, 0.05) is 77.9 Å². The first-order valence-corrected chi connectivity index (χ1v) is 27.7. The van der Waals surface area contributed by atoms with Crippen molar-refractivity contribution in [2.75, 3.05) is 9.80 Å². The maximum Gasteiger partial charge on any atom is 0.135 e. The molecule has 0 N–H and O–H groups in total. The van der Waals surface area contributed by atoms with Gasteiger partial charge in [-0.1, -0.05) is 178 Å². The van der Waals surface area contributed by atoms with Crippen LogP contribution in [0.4, 0.5) is 22.7 Å². The Labute approximate surface area is 472 Å². The van der Waals surface area contributed by atoms with E-state index in [2.05, 4.69) is 266 Å². The van der Waals surface area contributed by atoms with E-state index in [-0.39, 0.29) is 31.9 Å². The molecule has 2 aromatic heterocycles. The Morgan fingerprint density at radius 2 is 1.17 bits per heavy atom. The summed E-state index contributed by atoms with van der Waals surface area (Å²) in [5, 5.41) is 4.98. The molecule has 386 valence electrons. The van der Waals surface area contributed by atoms with Crippen LogP contribution in [0, 0.1) is 42.5 Å². The topological polar surface area (TPSA) is 33.5 Å². The summed E-state index contributed by atoms with van der Waals surface area (Å²) in [7, 11) is 0. The molecule has 0 saturated heterocycles. The van der Waals surface area contributed by atoms with Crippen LogP contribution in [0.5, 0.6) is 11.5 Å².